The fourth-order valence-corrected chi connectivity index (χ4v) is 2.53. The van der Waals surface area contributed by atoms with E-state index < -0.39 is 17.6 Å². The lowest BCUT2D eigenvalue weighted by Gasteiger charge is -2.20. The number of aliphatic hydroxyl groups excluding tert-OH is 1. The number of carbonyl (C=O) groups is 2. The molecule has 9 heteroatoms. The number of aliphatic hydroxyl groups is 1. The van der Waals surface area contributed by atoms with Gasteiger partial charge < -0.3 is 9.84 Å². The number of thiazole rings is 1. The lowest BCUT2D eigenvalue weighted by molar-refractivity contribution is 0.0636. The van der Waals surface area contributed by atoms with Crippen LogP contribution in [0.5, 0.6) is 0 Å². The standard InChI is InChI=1S/C16H20N4O4S/c1-9-8-25-14(17-9)20-13(22)12-11(6-5-10(7-21)18-12)19-15(23)24-16(2,3)4/h5-6,8,21H,7H2,1-4H3,(H,19,23)(H,17,20,22). The number of nitrogens with zero attached hydrogens (tertiary/aromatic N) is 2. The zero-order valence-electron chi connectivity index (χ0n) is 14.4. The Labute approximate surface area is 149 Å². The summed E-state index contributed by atoms with van der Waals surface area (Å²) < 4.78 is 5.19. The number of aromatic nitrogens is 2. The van der Waals surface area contributed by atoms with Gasteiger partial charge in [-0.2, -0.15) is 0 Å². The third-order valence-electron chi connectivity index (χ3n) is 2.81. The molecule has 0 fully saturated rings. The summed E-state index contributed by atoms with van der Waals surface area (Å²) in [5.41, 5.74) is 0.547. The van der Waals surface area contributed by atoms with Crippen molar-refractivity contribution >= 4 is 34.2 Å². The van der Waals surface area contributed by atoms with Gasteiger partial charge in [-0.05, 0) is 39.8 Å². The summed E-state index contributed by atoms with van der Waals surface area (Å²) in [6.45, 7) is 6.68. The predicted octanol–water partition coefficient (Wildman–Crippen LogP) is 2.94. The van der Waals surface area contributed by atoms with Gasteiger partial charge in [-0.25, -0.2) is 14.8 Å². The van der Waals surface area contributed by atoms with Crippen molar-refractivity contribution in [2.45, 2.75) is 39.9 Å². The molecule has 2 rings (SSSR count). The molecule has 0 bridgehead atoms. The molecule has 2 aromatic heterocycles. The summed E-state index contributed by atoms with van der Waals surface area (Å²) in [4.78, 5) is 32.7. The Morgan fingerprint density at radius 2 is 1.96 bits per heavy atom. The molecule has 134 valence electrons. The first kappa shape index (κ1) is 18.8. The van der Waals surface area contributed by atoms with Crippen LogP contribution in [0.4, 0.5) is 15.6 Å². The molecule has 2 heterocycles. The highest BCUT2D eigenvalue weighted by molar-refractivity contribution is 7.13. The Kier molecular flexibility index (Phi) is 5.70. The molecule has 2 aromatic rings. The van der Waals surface area contributed by atoms with Crippen molar-refractivity contribution in [2.75, 3.05) is 10.6 Å². The summed E-state index contributed by atoms with van der Waals surface area (Å²) in [6, 6.07) is 3.00. The fraction of sp³-hybridized carbons (Fsp3) is 0.375. The third-order valence-corrected chi connectivity index (χ3v) is 3.68. The van der Waals surface area contributed by atoms with Gasteiger partial charge in [0, 0.05) is 5.38 Å². The van der Waals surface area contributed by atoms with Crippen LogP contribution in [0.15, 0.2) is 17.5 Å². The number of nitrogens with one attached hydrogen (secondary N) is 2. The number of amides is 2. The number of rotatable bonds is 4. The fourth-order valence-electron chi connectivity index (χ4n) is 1.84. The number of aryl methyl sites for hydroxylation is 1. The van der Waals surface area contributed by atoms with Gasteiger partial charge in [0.15, 0.2) is 10.8 Å². The molecule has 0 atom stereocenters. The molecule has 0 aliphatic carbocycles. The van der Waals surface area contributed by atoms with E-state index in [1.54, 1.807) is 26.2 Å². The normalized spacial score (nSPS) is 11.1. The van der Waals surface area contributed by atoms with Crippen LogP contribution in [-0.2, 0) is 11.3 Å². The first-order valence-electron chi connectivity index (χ1n) is 7.52. The molecule has 0 saturated heterocycles. The molecule has 3 N–H and O–H groups in total. The van der Waals surface area contributed by atoms with E-state index in [9.17, 15) is 14.7 Å². The Morgan fingerprint density at radius 1 is 1.24 bits per heavy atom. The van der Waals surface area contributed by atoms with Crippen LogP contribution in [0.1, 0.15) is 42.6 Å². The predicted molar refractivity (Wildman–Crippen MR) is 94.8 cm³/mol. The SMILES string of the molecule is Cc1csc(NC(=O)c2nc(CO)ccc2NC(=O)OC(C)(C)C)n1. The average Bonchev–Trinajstić information content (AvgIpc) is 2.90. The van der Waals surface area contributed by atoms with E-state index in [1.165, 1.54) is 23.5 Å². The van der Waals surface area contributed by atoms with E-state index in [1.807, 2.05) is 6.92 Å². The summed E-state index contributed by atoms with van der Waals surface area (Å²) in [5.74, 6) is -0.546. The lowest BCUT2D eigenvalue weighted by Crippen LogP contribution is -2.28. The topological polar surface area (TPSA) is 113 Å². The quantitative estimate of drug-likeness (QED) is 0.769. The maximum atomic E-state index is 12.5. The van der Waals surface area contributed by atoms with Crippen LogP contribution in [0.2, 0.25) is 0 Å². The highest BCUT2D eigenvalue weighted by Gasteiger charge is 2.21. The summed E-state index contributed by atoms with van der Waals surface area (Å²) in [6.07, 6.45) is -0.704. The van der Waals surface area contributed by atoms with Crippen molar-refractivity contribution < 1.29 is 19.4 Å². The van der Waals surface area contributed by atoms with Gasteiger partial charge in [0.2, 0.25) is 0 Å². The maximum absolute atomic E-state index is 12.5. The van der Waals surface area contributed by atoms with Gasteiger partial charge in [-0.3, -0.25) is 15.4 Å². The smallest absolute Gasteiger partial charge is 0.412 e. The molecule has 0 spiro atoms. The van der Waals surface area contributed by atoms with Crippen molar-refractivity contribution in [3.8, 4) is 0 Å². The molecule has 0 unspecified atom stereocenters. The van der Waals surface area contributed by atoms with E-state index >= 15 is 0 Å². The van der Waals surface area contributed by atoms with Crippen LogP contribution >= 0.6 is 11.3 Å². The van der Waals surface area contributed by atoms with E-state index in [0.717, 1.165) is 5.69 Å². The second-order valence-corrected chi connectivity index (χ2v) is 7.09. The highest BCUT2D eigenvalue weighted by Crippen LogP contribution is 2.20. The van der Waals surface area contributed by atoms with E-state index in [2.05, 4.69) is 20.6 Å². The van der Waals surface area contributed by atoms with Gasteiger partial charge >= 0.3 is 6.09 Å². The van der Waals surface area contributed by atoms with Gasteiger partial charge in [0.1, 0.15) is 5.60 Å². The lowest BCUT2D eigenvalue weighted by atomic mass is 10.2. The van der Waals surface area contributed by atoms with Crippen LogP contribution in [0.25, 0.3) is 0 Å². The molecule has 2 amide bonds. The molecule has 25 heavy (non-hydrogen) atoms. The molecular formula is C16H20N4O4S. The number of anilines is 2. The van der Waals surface area contributed by atoms with E-state index in [4.69, 9.17) is 4.74 Å². The summed E-state index contributed by atoms with van der Waals surface area (Å²) in [7, 11) is 0. The Hall–Kier alpha value is -2.52. The van der Waals surface area contributed by atoms with Crippen molar-refractivity contribution in [2.24, 2.45) is 0 Å². The molecular weight excluding hydrogens is 344 g/mol. The average molecular weight is 364 g/mol. The Balaban J connectivity index is 2.24. The number of pyridine rings is 1. The minimum absolute atomic E-state index is 0.0368. The highest BCUT2D eigenvalue weighted by atomic mass is 32.1. The van der Waals surface area contributed by atoms with Crippen LogP contribution in [0.3, 0.4) is 0 Å². The number of hydrogen-bond acceptors (Lipinski definition) is 7. The zero-order chi connectivity index (χ0) is 18.6. The third kappa shape index (κ3) is 5.50. The molecule has 0 aliphatic heterocycles. The van der Waals surface area contributed by atoms with Crippen LogP contribution in [-0.4, -0.2) is 32.7 Å². The maximum Gasteiger partial charge on any atom is 0.412 e. The summed E-state index contributed by atoms with van der Waals surface area (Å²) >= 11 is 1.28. The van der Waals surface area contributed by atoms with Gasteiger partial charge in [0.25, 0.3) is 5.91 Å². The van der Waals surface area contributed by atoms with Crippen molar-refractivity contribution in [3.63, 3.8) is 0 Å². The number of hydrogen-bond donors (Lipinski definition) is 3. The summed E-state index contributed by atoms with van der Waals surface area (Å²) in [5, 5.41) is 16.6. The monoisotopic (exact) mass is 364 g/mol. The first-order chi connectivity index (χ1) is 11.7. The number of carbonyl (C=O) groups excluding carboxylic acids is 2. The van der Waals surface area contributed by atoms with Crippen molar-refractivity contribution in [1.82, 2.24) is 9.97 Å². The molecule has 8 nitrogen and oxygen atoms in total. The van der Waals surface area contributed by atoms with Crippen LogP contribution < -0.4 is 10.6 Å². The van der Waals surface area contributed by atoms with E-state index in [-0.39, 0.29) is 18.0 Å². The first-order valence-corrected chi connectivity index (χ1v) is 8.40. The van der Waals surface area contributed by atoms with Gasteiger partial charge in [0.05, 0.1) is 23.7 Å². The molecule has 0 aromatic carbocycles. The number of ether oxygens (including phenoxy) is 1. The van der Waals surface area contributed by atoms with Crippen molar-refractivity contribution in [3.05, 3.63) is 34.6 Å². The minimum Gasteiger partial charge on any atom is -0.444 e. The molecule has 0 radical (unpaired) electrons. The van der Waals surface area contributed by atoms with Crippen LogP contribution in [0, 0.1) is 6.92 Å². The van der Waals surface area contributed by atoms with Crippen molar-refractivity contribution in [1.29, 1.82) is 0 Å². The second kappa shape index (κ2) is 7.58. The van der Waals surface area contributed by atoms with Gasteiger partial charge in [-0.1, -0.05) is 0 Å². The second-order valence-electron chi connectivity index (χ2n) is 6.23. The molecule has 0 aliphatic rings. The Morgan fingerprint density at radius 3 is 2.52 bits per heavy atom. The van der Waals surface area contributed by atoms with Gasteiger partial charge in [-0.15, -0.1) is 11.3 Å². The minimum atomic E-state index is -0.704. The van der Waals surface area contributed by atoms with E-state index in [0.29, 0.717) is 10.8 Å². The Bertz CT molecular complexity index is 783. The zero-order valence-corrected chi connectivity index (χ0v) is 15.2. The molecule has 0 saturated carbocycles. The largest absolute Gasteiger partial charge is 0.444 e.